The molecular formula is C24H38N4O7. The Bertz CT molecular complexity index is 871. The van der Waals surface area contributed by atoms with E-state index in [1.165, 1.54) is 19.1 Å². The second-order valence-corrected chi connectivity index (χ2v) is 9.46. The molecular weight excluding hydrogens is 456 g/mol. The molecule has 5 unspecified atom stereocenters. The zero-order chi connectivity index (χ0) is 26.9. The number of hydrogen-bond acceptors (Lipinski definition) is 7. The molecule has 8 N–H and O–H groups in total. The maximum atomic E-state index is 12.9. The number of carbonyl (C=O) groups is 4. The first-order valence-electron chi connectivity index (χ1n) is 11.6. The zero-order valence-corrected chi connectivity index (χ0v) is 20.8. The molecule has 11 nitrogen and oxygen atoms in total. The number of carboxylic acids is 1. The molecule has 0 aliphatic heterocycles. The molecule has 0 aromatic heterocycles. The standard InChI is InChI=1S/C24H38N4O7/c1-12(2)10-18(22(32)27-19(13(3)4)24(34)35)26-23(33)20(14(5)29)28-21(31)17(25)11-15-6-8-16(30)9-7-15/h6-9,12-14,17-20,29-30H,10-11,25H2,1-5H3,(H,26,33)(H,27,32)(H,28,31)(H,34,35). The molecule has 0 saturated carbocycles. The summed E-state index contributed by atoms with van der Waals surface area (Å²) in [6.07, 6.45) is -0.960. The van der Waals surface area contributed by atoms with Crippen LogP contribution in [0.1, 0.15) is 46.6 Å². The van der Waals surface area contributed by atoms with Gasteiger partial charge < -0.3 is 37.0 Å². The van der Waals surface area contributed by atoms with Crippen LogP contribution >= 0.6 is 0 Å². The van der Waals surface area contributed by atoms with Crippen molar-refractivity contribution in [1.29, 1.82) is 0 Å². The Kier molecular flexibility index (Phi) is 11.6. The normalized spacial score (nSPS) is 15.6. The van der Waals surface area contributed by atoms with E-state index in [1.807, 2.05) is 13.8 Å². The summed E-state index contributed by atoms with van der Waals surface area (Å²) in [7, 11) is 0. The molecule has 3 amide bonds. The number of aromatic hydroxyl groups is 1. The fourth-order valence-electron chi connectivity index (χ4n) is 3.38. The van der Waals surface area contributed by atoms with Crippen molar-refractivity contribution in [2.24, 2.45) is 17.6 Å². The third-order valence-electron chi connectivity index (χ3n) is 5.36. The van der Waals surface area contributed by atoms with Gasteiger partial charge in [0.15, 0.2) is 0 Å². The van der Waals surface area contributed by atoms with Crippen molar-refractivity contribution in [3.05, 3.63) is 29.8 Å². The lowest BCUT2D eigenvalue weighted by molar-refractivity contribution is -0.143. The molecule has 196 valence electrons. The fourth-order valence-corrected chi connectivity index (χ4v) is 3.38. The van der Waals surface area contributed by atoms with Gasteiger partial charge in [-0.3, -0.25) is 14.4 Å². The van der Waals surface area contributed by atoms with Gasteiger partial charge in [0.2, 0.25) is 17.7 Å². The number of phenolic OH excluding ortho intramolecular Hbond substituents is 1. The Labute approximate surface area is 205 Å². The minimum Gasteiger partial charge on any atom is -0.508 e. The van der Waals surface area contributed by atoms with Gasteiger partial charge in [0.05, 0.1) is 12.1 Å². The molecule has 1 aromatic rings. The Morgan fingerprint density at radius 1 is 0.857 bits per heavy atom. The second kappa shape index (κ2) is 13.6. The lowest BCUT2D eigenvalue weighted by atomic mass is 9.99. The van der Waals surface area contributed by atoms with E-state index in [4.69, 9.17) is 5.73 Å². The minimum absolute atomic E-state index is 0.0216. The largest absolute Gasteiger partial charge is 0.508 e. The quantitative estimate of drug-likeness (QED) is 0.197. The molecule has 0 fully saturated rings. The Morgan fingerprint density at radius 2 is 1.40 bits per heavy atom. The number of nitrogens with two attached hydrogens (primary N) is 1. The first kappa shape index (κ1) is 29.9. The van der Waals surface area contributed by atoms with E-state index in [0.29, 0.717) is 5.56 Å². The van der Waals surface area contributed by atoms with Gasteiger partial charge >= 0.3 is 5.97 Å². The van der Waals surface area contributed by atoms with Crippen molar-refractivity contribution in [3.8, 4) is 5.75 Å². The van der Waals surface area contributed by atoms with Gasteiger partial charge in [-0.05, 0) is 49.3 Å². The van der Waals surface area contributed by atoms with E-state index in [1.54, 1.807) is 26.0 Å². The molecule has 11 heteroatoms. The lowest BCUT2D eigenvalue weighted by Crippen LogP contribution is -2.60. The molecule has 0 aliphatic rings. The summed E-state index contributed by atoms with van der Waals surface area (Å²) in [6, 6.07) is 1.49. The van der Waals surface area contributed by atoms with Gasteiger partial charge in [-0.15, -0.1) is 0 Å². The number of amides is 3. The summed E-state index contributed by atoms with van der Waals surface area (Å²) >= 11 is 0. The summed E-state index contributed by atoms with van der Waals surface area (Å²) < 4.78 is 0. The molecule has 0 bridgehead atoms. The summed E-state index contributed by atoms with van der Waals surface area (Å²) in [4.78, 5) is 49.8. The zero-order valence-electron chi connectivity index (χ0n) is 20.8. The molecule has 1 aromatic carbocycles. The highest BCUT2D eigenvalue weighted by Gasteiger charge is 2.33. The van der Waals surface area contributed by atoms with Gasteiger partial charge in [0.1, 0.15) is 23.9 Å². The van der Waals surface area contributed by atoms with E-state index < -0.39 is 54.0 Å². The van der Waals surface area contributed by atoms with E-state index in [9.17, 15) is 34.5 Å². The molecule has 0 saturated heterocycles. The summed E-state index contributed by atoms with van der Waals surface area (Å²) in [5.41, 5.74) is 6.65. The number of aliphatic hydroxyl groups excluding tert-OH is 1. The average molecular weight is 495 g/mol. The van der Waals surface area contributed by atoms with Gasteiger partial charge in [0, 0.05) is 0 Å². The first-order chi connectivity index (χ1) is 16.2. The van der Waals surface area contributed by atoms with Crippen LogP contribution in [-0.2, 0) is 25.6 Å². The Morgan fingerprint density at radius 3 is 1.86 bits per heavy atom. The SMILES string of the molecule is CC(C)CC(NC(=O)C(NC(=O)C(N)Cc1ccc(O)cc1)C(C)O)C(=O)NC(C(=O)O)C(C)C. The minimum atomic E-state index is -1.39. The highest BCUT2D eigenvalue weighted by Crippen LogP contribution is 2.12. The van der Waals surface area contributed by atoms with Gasteiger partial charge in [-0.1, -0.05) is 39.8 Å². The van der Waals surface area contributed by atoms with Crippen LogP contribution in [0.2, 0.25) is 0 Å². The molecule has 5 atom stereocenters. The van der Waals surface area contributed by atoms with Crippen molar-refractivity contribution in [2.45, 2.75) is 77.7 Å². The number of nitrogens with one attached hydrogen (secondary N) is 3. The van der Waals surface area contributed by atoms with Crippen molar-refractivity contribution < 1.29 is 34.5 Å². The second-order valence-electron chi connectivity index (χ2n) is 9.46. The highest BCUT2D eigenvalue weighted by molar-refractivity contribution is 5.94. The summed E-state index contributed by atoms with van der Waals surface area (Å²) in [6.45, 7) is 8.28. The number of rotatable bonds is 13. The fraction of sp³-hybridized carbons (Fsp3) is 0.583. The van der Waals surface area contributed by atoms with E-state index in [2.05, 4.69) is 16.0 Å². The van der Waals surface area contributed by atoms with Gasteiger partial charge in [-0.25, -0.2) is 4.79 Å². The first-order valence-corrected chi connectivity index (χ1v) is 11.6. The third kappa shape index (κ3) is 9.91. The predicted octanol–water partition coefficient (Wildman–Crippen LogP) is -0.116. The van der Waals surface area contributed by atoms with Crippen LogP contribution in [0, 0.1) is 11.8 Å². The number of hydrogen-bond donors (Lipinski definition) is 7. The number of phenols is 1. The predicted molar refractivity (Wildman–Crippen MR) is 129 cm³/mol. The maximum absolute atomic E-state index is 12.9. The monoisotopic (exact) mass is 494 g/mol. The van der Waals surface area contributed by atoms with Crippen LogP contribution in [0.15, 0.2) is 24.3 Å². The van der Waals surface area contributed by atoms with E-state index in [0.717, 1.165) is 0 Å². The molecule has 1 rings (SSSR count). The van der Waals surface area contributed by atoms with Crippen LogP contribution in [-0.4, -0.2) is 69.3 Å². The lowest BCUT2D eigenvalue weighted by Gasteiger charge is -2.27. The number of carbonyl (C=O) groups excluding carboxylic acids is 3. The van der Waals surface area contributed by atoms with Crippen molar-refractivity contribution >= 4 is 23.7 Å². The Hall–Kier alpha value is -3.18. The van der Waals surface area contributed by atoms with Crippen molar-refractivity contribution in [2.75, 3.05) is 0 Å². The molecule has 0 radical (unpaired) electrons. The van der Waals surface area contributed by atoms with Crippen LogP contribution in [0.3, 0.4) is 0 Å². The molecule has 0 aliphatic carbocycles. The van der Waals surface area contributed by atoms with Crippen molar-refractivity contribution in [1.82, 2.24) is 16.0 Å². The number of aliphatic hydroxyl groups is 1. The van der Waals surface area contributed by atoms with Crippen LogP contribution in [0.4, 0.5) is 0 Å². The number of carboxylic acid groups (broad SMARTS) is 1. The van der Waals surface area contributed by atoms with Crippen molar-refractivity contribution in [3.63, 3.8) is 0 Å². The van der Waals surface area contributed by atoms with Crippen LogP contribution in [0.25, 0.3) is 0 Å². The van der Waals surface area contributed by atoms with Crippen LogP contribution in [0.5, 0.6) is 5.75 Å². The van der Waals surface area contributed by atoms with E-state index >= 15 is 0 Å². The maximum Gasteiger partial charge on any atom is 0.326 e. The smallest absolute Gasteiger partial charge is 0.326 e. The summed E-state index contributed by atoms with van der Waals surface area (Å²) in [5, 5.41) is 36.3. The highest BCUT2D eigenvalue weighted by atomic mass is 16.4. The van der Waals surface area contributed by atoms with Gasteiger partial charge in [0.25, 0.3) is 0 Å². The Balaban J connectivity index is 2.92. The number of aliphatic carboxylic acids is 1. The molecule has 0 spiro atoms. The average Bonchev–Trinajstić information content (AvgIpc) is 2.75. The van der Waals surface area contributed by atoms with Gasteiger partial charge in [-0.2, -0.15) is 0 Å². The topological polar surface area (TPSA) is 191 Å². The number of benzene rings is 1. The molecule has 35 heavy (non-hydrogen) atoms. The third-order valence-corrected chi connectivity index (χ3v) is 5.36. The molecule has 0 heterocycles. The summed E-state index contributed by atoms with van der Waals surface area (Å²) in [5.74, 6) is -3.69. The van der Waals surface area contributed by atoms with E-state index in [-0.39, 0.29) is 30.4 Å². The van der Waals surface area contributed by atoms with Crippen LogP contribution < -0.4 is 21.7 Å².